The Morgan fingerprint density at radius 2 is 1.10 bits per heavy atom. The van der Waals surface area contributed by atoms with E-state index >= 15 is 0 Å². The van der Waals surface area contributed by atoms with Crippen molar-refractivity contribution in [2.75, 3.05) is 0 Å². The van der Waals surface area contributed by atoms with Crippen LogP contribution in [0.25, 0.3) is 27.4 Å². The smallest absolute Gasteiger partial charge is 0.270 e. The number of aromatic nitrogens is 1. The minimum absolute atomic E-state index is 0.0344. The van der Waals surface area contributed by atoms with Gasteiger partial charge in [0, 0.05) is 38.2 Å². The summed E-state index contributed by atoms with van der Waals surface area (Å²) in [5.41, 5.74) is 8.06. The molecule has 1 aliphatic carbocycles. The Labute approximate surface area is 243 Å². The normalized spacial score (nSPS) is 18.7. The van der Waals surface area contributed by atoms with Crippen molar-refractivity contribution in [3.05, 3.63) is 121 Å². The van der Waals surface area contributed by atoms with E-state index < -0.39 is 0 Å². The number of hydrogen-bond donors (Lipinski definition) is 0. The maximum Gasteiger partial charge on any atom is 0.270 e. The van der Waals surface area contributed by atoms with Gasteiger partial charge in [0.25, 0.3) is 6.71 Å². The molecule has 2 atom stereocenters. The maximum atomic E-state index is 6.57. The summed E-state index contributed by atoms with van der Waals surface area (Å²) in [7, 11) is 0. The Kier molecular flexibility index (Phi) is 4.28. The van der Waals surface area contributed by atoms with Gasteiger partial charge in [0.15, 0.2) is 0 Å². The molecule has 42 heavy (non-hydrogen) atoms. The Hall–Kier alpha value is -5.16. The molecule has 4 nitrogen and oxygen atoms in total. The van der Waals surface area contributed by atoms with Crippen molar-refractivity contribution >= 4 is 50.5 Å². The van der Waals surface area contributed by atoms with Crippen LogP contribution in [0.3, 0.4) is 0 Å². The Morgan fingerprint density at radius 1 is 0.595 bits per heavy atom. The molecule has 0 spiro atoms. The first-order valence-corrected chi connectivity index (χ1v) is 14.6. The molecule has 0 saturated heterocycles. The summed E-state index contributed by atoms with van der Waals surface area (Å²) in [6.45, 7) is 2.34. The molecule has 0 amide bonds. The Balaban J connectivity index is 1.09. The number of nitrogens with zero attached hydrogens (tertiary/aromatic N) is 1. The lowest BCUT2D eigenvalue weighted by Crippen LogP contribution is -2.59. The predicted molar refractivity (Wildman–Crippen MR) is 169 cm³/mol. The molecule has 0 radical (unpaired) electrons. The van der Waals surface area contributed by atoms with Crippen molar-refractivity contribution in [2.45, 2.75) is 13.0 Å². The highest BCUT2D eigenvalue weighted by Crippen LogP contribution is 2.44. The fourth-order valence-electron chi connectivity index (χ4n) is 7.58. The summed E-state index contributed by atoms with van der Waals surface area (Å²) in [5, 5.41) is 2.60. The van der Waals surface area contributed by atoms with Crippen LogP contribution in [0.4, 0.5) is 0 Å². The summed E-state index contributed by atoms with van der Waals surface area (Å²) < 4.78 is 21.9. The van der Waals surface area contributed by atoms with E-state index in [0.29, 0.717) is 0 Å². The largest absolute Gasteiger partial charge is 0.458 e. The molecule has 3 aliphatic heterocycles. The minimum Gasteiger partial charge on any atom is -0.458 e. The zero-order valence-corrected chi connectivity index (χ0v) is 22.9. The van der Waals surface area contributed by atoms with Crippen molar-refractivity contribution in [1.29, 1.82) is 0 Å². The van der Waals surface area contributed by atoms with Crippen LogP contribution in [0.2, 0.25) is 0 Å². The third-order valence-electron chi connectivity index (χ3n) is 9.39. The van der Waals surface area contributed by atoms with Crippen molar-refractivity contribution in [1.82, 2.24) is 4.57 Å². The third-order valence-corrected chi connectivity index (χ3v) is 9.39. The molecular weight excluding hydrogens is 517 g/mol. The van der Waals surface area contributed by atoms with Gasteiger partial charge in [-0.2, -0.15) is 0 Å². The second-order valence-electron chi connectivity index (χ2n) is 11.7. The average molecular weight is 541 g/mol. The van der Waals surface area contributed by atoms with E-state index in [-0.39, 0.29) is 18.7 Å². The lowest BCUT2D eigenvalue weighted by molar-refractivity contribution is 0.442. The number of ether oxygens (including phenoxy) is 3. The van der Waals surface area contributed by atoms with E-state index in [1.54, 1.807) is 0 Å². The molecule has 0 fully saturated rings. The first-order valence-electron chi connectivity index (χ1n) is 14.6. The third kappa shape index (κ3) is 2.87. The molecule has 0 N–H and O–H groups in total. The number of fused-ring (bicyclic) bond motifs is 3. The van der Waals surface area contributed by atoms with Crippen LogP contribution in [-0.2, 0) is 0 Å². The second-order valence-corrected chi connectivity index (χ2v) is 11.7. The molecule has 10 rings (SSSR count). The standard InChI is InChI=1S/C37H24BNO3/c1-21-18-22(16-17-26(21)39-27-10-4-2-8-24(27)25-9-3-5-11-28(25)39)23-19-33-37-34(20-23)42-32-15-7-13-30-36(32)38(37)35-29(40-30)12-6-14-31(35)41-33/h2-21,26H,1H3. The highest BCUT2D eigenvalue weighted by atomic mass is 16.5. The topological polar surface area (TPSA) is 32.6 Å². The van der Waals surface area contributed by atoms with Gasteiger partial charge in [-0.3, -0.25) is 0 Å². The van der Waals surface area contributed by atoms with Gasteiger partial charge in [0.1, 0.15) is 34.5 Å². The van der Waals surface area contributed by atoms with E-state index in [2.05, 4.69) is 90.4 Å². The van der Waals surface area contributed by atoms with Crippen LogP contribution in [0.5, 0.6) is 34.5 Å². The zero-order chi connectivity index (χ0) is 27.5. The summed E-state index contributed by atoms with van der Waals surface area (Å²) in [4.78, 5) is 0. The molecule has 0 saturated carbocycles. The SMILES string of the molecule is CC1C=C(c2cc3c4c(c2)Oc2cccc5c2B4c2c(cccc2O3)O5)C=CC1n1c2ccccc2c2ccccc21. The molecule has 198 valence electrons. The fourth-order valence-corrected chi connectivity index (χ4v) is 7.58. The quantitative estimate of drug-likeness (QED) is 0.213. The molecule has 5 aromatic carbocycles. The first-order chi connectivity index (χ1) is 20.7. The van der Waals surface area contributed by atoms with Crippen molar-refractivity contribution in [3.63, 3.8) is 0 Å². The monoisotopic (exact) mass is 541 g/mol. The Bertz CT molecular complexity index is 2090. The average Bonchev–Trinajstić information content (AvgIpc) is 3.35. The van der Waals surface area contributed by atoms with Gasteiger partial charge >= 0.3 is 0 Å². The number of benzene rings is 5. The number of rotatable bonds is 2. The number of hydrogen-bond acceptors (Lipinski definition) is 3. The second kappa shape index (κ2) is 7.98. The molecule has 5 heteroatoms. The summed E-state index contributed by atoms with van der Waals surface area (Å²) in [6.07, 6.45) is 7.01. The number of allylic oxidation sites excluding steroid dienone is 4. The van der Waals surface area contributed by atoms with E-state index in [1.165, 1.54) is 27.4 Å². The van der Waals surface area contributed by atoms with Crippen molar-refractivity contribution < 1.29 is 14.2 Å². The van der Waals surface area contributed by atoms with Crippen LogP contribution in [0.1, 0.15) is 18.5 Å². The van der Waals surface area contributed by atoms with Gasteiger partial charge in [0.05, 0.1) is 6.04 Å². The van der Waals surface area contributed by atoms with Crippen molar-refractivity contribution in [2.24, 2.45) is 5.92 Å². The molecule has 6 aromatic rings. The highest BCUT2D eigenvalue weighted by molar-refractivity contribution is 6.99. The van der Waals surface area contributed by atoms with Crippen molar-refractivity contribution in [3.8, 4) is 34.5 Å². The molecule has 2 unspecified atom stereocenters. The lowest BCUT2D eigenvalue weighted by atomic mass is 9.34. The van der Waals surface area contributed by atoms with Crippen LogP contribution >= 0.6 is 0 Å². The molecule has 0 bridgehead atoms. The van der Waals surface area contributed by atoms with Gasteiger partial charge in [-0.25, -0.2) is 0 Å². The van der Waals surface area contributed by atoms with Crippen LogP contribution in [0, 0.1) is 5.92 Å². The molecule has 4 heterocycles. The van der Waals surface area contributed by atoms with E-state index in [1.807, 2.05) is 36.4 Å². The van der Waals surface area contributed by atoms with E-state index in [0.717, 1.165) is 56.4 Å². The number of para-hydroxylation sites is 2. The van der Waals surface area contributed by atoms with Crippen LogP contribution in [0.15, 0.2) is 115 Å². The molecule has 1 aromatic heterocycles. The van der Waals surface area contributed by atoms with Crippen LogP contribution < -0.4 is 30.6 Å². The predicted octanol–water partition coefficient (Wildman–Crippen LogP) is 7.46. The molecular formula is C37H24BNO3. The summed E-state index contributed by atoms with van der Waals surface area (Å²) >= 11 is 0. The summed E-state index contributed by atoms with van der Waals surface area (Å²) in [5.74, 6) is 5.39. The van der Waals surface area contributed by atoms with Gasteiger partial charge in [-0.15, -0.1) is 0 Å². The van der Waals surface area contributed by atoms with Crippen LogP contribution in [-0.4, -0.2) is 11.3 Å². The Morgan fingerprint density at radius 3 is 1.64 bits per heavy atom. The zero-order valence-electron chi connectivity index (χ0n) is 22.9. The maximum absolute atomic E-state index is 6.57. The van der Waals surface area contributed by atoms with Gasteiger partial charge in [0.2, 0.25) is 0 Å². The van der Waals surface area contributed by atoms with E-state index in [9.17, 15) is 0 Å². The molecule has 4 aliphatic rings. The van der Waals surface area contributed by atoms with Gasteiger partial charge in [-0.1, -0.05) is 73.7 Å². The summed E-state index contributed by atoms with van der Waals surface area (Å²) in [6, 6.07) is 34.2. The lowest BCUT2D eigenvalue weighted by Gasteiger charge is -2.37. The first kappa shape index (κ1) is 22.5. The van der Waals surface area contributed by atoms with E-state index in [4.69, 9.17) is 14.2 Å². The highest BCUT2D eigenvalue weighted by Gasteiger charge is 2.46. The fraction of sp³-hybridized carbons (Fsp3) is 0.0811. The minimum atomic E-state index is 0.0344. The van der Waals surface area contributed by atoms with Gasteiger partial charge < -0.3 is 18.8 Å². The van der Waals surface area contributed by atoms with Gasteiger partial charge in [-0.05, 0) is 65.6 Å².